The number of hydrogen-bond acceptors (Lipinski definition) is 4. The molecule has 0 saturated carbocycles. The molecule has 2 heterocycles. The number of carbonyl (C=O) groups excluding carboxylic acids is 1. The molecule has 3 rings (SSSR count). The van der Waals surface area contributed by atoms with Crippen LogP contribution in [0.1, 0.15) is 38.0 Å². The summed E-state index contributed by atoms with van der Waals surface area (Å²) in [5, 5.41) is 8.92. The molecule has 0 N–H and O–H groups in total. The second-order valence-electron chi connectivity index (χ2n) is 6.75. The minimum Gasteiger partial charge on any atom is -0.444 e. The average Bonchev–Trinajstić information content (AvgIpc) is 2.93. The first-order chi connectivity index (χ1) is 11.8. The van der Waals surface area contributed by atoms with Gasteiger partial charge in [0, 0.05) is 23.7 Å². The zero-order chi connectivity index (χ0) is 18.0. The Morgan fingerprint density at radius 2 is 2.04 bits per heavy atom. The number of rotatable bonds is 0. The fourth-order valence-electron chi connectivity index (χ4n) is 2.43. The summed E-state index contributed by atoms with van der Waals surface area (Å²) in [5.41, 5.74) is 0.298. The molecule has 0 fully saturated rings. The van der Waals surface area contributed by atoms with E-state index in [9.17, 15) is 4.79 Å². The van der Waals surface area contributed by atoms with Gasteiger partial charge in [-0.05, 0) is 44.9 Å². The minimum atomic E-state index is -0.518. The zero-order valence-electron chi connectivity index (χ0n) is 14.4. The number of halogens is 1. The first-order valence-electron chi connectivity index (χ1n) is 7.99. The maximum Gasteiger partial charge on any atom is 0.410 e. The van der Waals surface area contributed by atoms with E-state index in [1.807, 2.05) is 37.5 Å². The molecule has 1 aromatic carbocycles. The average molecular weight is 359 g/mol. The number of fused-ring (bicyclic) bond motifs is 1. The third kappa shape index (κ3) is 4.31. The molecule has 7 heteroatoms. The van der Waals surface area contributed by atoms with Gasteiger partial charge in [-0.3, -0.25) is 4.90 Å². The smallest absolute Gasteiger partial charge is 0.410 e. The summed E-state index contributed by atoms with van der Waals surface area (Å²) in [5.74, 6) is 7.35. The van der Waals surface area contributed by atoms with Crippen LogP contribution in [0, 0.1) is 11.8 Å². The molecule has 1 aliphatic heterocycles. The van der Waals surface area contributed by atoms with Crippen molar-refractivity contribution in [3.8, 4) is 11.8 Å². The van der Waals surface area contributed by atoms with Gasteiger partial charge in [0.05, 0.1) is 6.54 Å². The van der Waals surface area contributed by atoms with Gasteiger partial charge in [-0.15, -0.1) is 10.2 Å². The molecule has 0 spiro atoms. The predicted octanol–water partition coefficient (Wildman–Crippen LogP) is 3.08. The summed E-state index contributed by atoms with van der Waals surface area (Å²) in [6.07, 6.45) is -0.340. The fourth-order valence-corrected chi connectivity index (χ4v) is 2.62. The summed E-state index contributed by atoms with van der Waals surface area (Å²) in [6, 6.07) is 7.34. The molecule has 0 aliphatic carbocycles. The molecule has 0 unspecified atom stereocenters. The van der Waals surface area contributed by atoms with Crippen LogP contribution in [0.2, 0.25) is 5.02 Å². The van der Waals surface area contributed by atoms with E-state index >= 15 is 0 Å². The summed E-state index contributed by atoms with van der Waals surface area (Å²) in [4.78, 5) is 13.8. The molecule has 0 saturated heterocycles. The second kappa shape index (κ2) is 6.77. The van der Waals surface area contributed by atoms with E-state index in [4.69, 9.17) is 16.3 Å². The van der Waals surface area contributed by atoms with Gasteiger partial charge in [-0.2, -0.15) is 0 Å². The Morgan fingerprint density at radius 3 is 2.76 bits per heavy atom. The van der Waals surface area contributed by atoms with Crippen molar-refractivity contribution >= 4 is 17.7 Å². The van der Waals surface area contributed by atoms with E-state index in [2.05, 4.69) is 22.0 Å². The maximum absolute atomic E-state index is 12.2. The Kier molecular flexibility index (Phi) is 4.69. The van der Waals surface area contributed by atoms with Gasteiger partial charge in [-0.25, -0.2) is 4.79 Å². The Balaban J connectivity index is 1.74. The lowest BCUT2D eigenvalue weighted by atomic mass is 10.2. The summed E-state index contributed by atoms with van der Waals surface area (Å²) < 4.78 is 7.33. The zero-order valence-corrected chi connectivity index (χ0v) is 15.2. The number of carbonyl (C=O) groups is 1. The van der Waals surface area contributed by atoms with Gasteiger partial charge in [0.15, 0.2) is 5.82 Å². The molecule has 25 heavy (non-hydrogen) atoms. The highest BCUT2D eigenvalue weighted by Gasteiger charge is 2.27. The molecule has 0 atom stereocenters. The Morgan fingerprint density at radius 1 is 1.24 bits per heavy atom. The molecular formula is C18H19ClN4O2. The molecule has 0 radical (unpaired) electrons. The molecule has 1 aliphatic rings. The van der Waals surface area contributed by atoms with E-state index in [1.165, 1.54) is 0 Å². The number of amides is 1. The fraction of sp³-hybridized carbons (Fsp3) is 0.389. The van der Waals surface area contributed by atoms with Gasteiger partial charge >= 0.3 is 6.09 Å². The van der Waals surface area contributed by atoms with Crippen molar-refractivity contribution in [2.45, 2.75) is 39.5 Å². The Labute approximate surface area is 151 Å². The number of nitrogens with zero attached hydrogens (tertiary/aromatic N) is 4. The molecule has 130 valence electrons. The summed E-state index contributed by atoms with van der Waals surface area (Å²) in [7, 11) is 0. The van der Waals surface area contributed by atoms with Crippen LogP contribution in [-0.2, 0) is 17.8 Å². The topological polar surface area (TPSA) is 60.2 Å². The lowest BCUT2D eigenvalue weighted by Crippen LogP contribution is -2.41. The monoisotopic (exact) mass is 358 g/mol. The summed E-state index contributed by atoms with van der Waals surface area (Å²) in [6.45, 7) is 7.02. The van der Waals surface area contributed by atoms with Crippen LogP contribution in [-0.4, -0.2) is 37.9 Å². The van der Waals surface area contributed by atoms with Crippen LogP contribution in [0.3, 0.4) is 0 Å². The van der Waals surface area contributed by atoms with E-state index in [1.54, 1.807) is 17.0 Å². The lowest BCUT2D eigenvalue weighted by Gasteiger charge is -2.30. The number of ether oxygens (including phenoxy) is 1. The van der Waals surface area contributed by atoms with Crippen LogP contribution < -0.4 is 0 Å². The van der Waals surface area contributed by atoms with Crippen molar-refractivity contribution in [3.05, 3.63) is 46.5 Å². The minimum absolute atomic E-state index is 0.340. The summed E-state index contributed by atoms with van der Waals surface area (Å²) >= 11 is 5.96. The number of aromatic nitrogens is 3. The van der Waals surface area contributed by atoms with Crippen molar-refractivity contribution in [1.82, 2.24) is 19.7 Å². The van der Waals surface area contributed by atoms with Gasteiger partial charge in [-0.1, -0.05) is 23.6 Å². The van der Waals surface area contributed by atoms with Crippen molar-refractivity contribution in [2.24, 2.45) is 0 Å². The molecule has 2 aromatic rings. The standard InChI is InChI=1S/C18H19ClN4O2/c1-18(2,3)25-17(24)22-9-10-23-15(20-21-16(23)12-22)8-7-13-5-4-6-14(19)11-13/h4-6,11H,9-10,12H2,1-3H3. The molecule has 6 nitrogen and oxygen atoms in total. The highest BCUT2D eigenvalue weighted by Crippen LogP contribution is 2.16. The highest BCUT2D eigenvalue weighted by molar-refractivity contribution is 6.30. The Bertz CT molecular complexity index is 858. The van der Waals surface area contributed by atoms with Crippen LogP contribution in [0.5, 0.6) is 0 Å². The number of hydrogen-bond donors (Lipinski definition) is 0. The SMILES string of the molecule is CC(C)(C)OC(=O)N1CCn2c(C#Cc3cccc(Cl)c3)nnc2C1. The van der Waals surface area contributed by atoms with Crippen LogP contribution in [0.25, 0.3) is 0 Å². The molecule has 1 amide bonds. The van der Waals surface area contributed by atoms with E-state index in [-0.39, 0.29) is 6.09 Å². The Hall–Kier alpha value is -2.52. The normalized spacial score (nSPS) is 13.7. The third-order valence-electron chi connectivity index (χ3n) is 3.55. The molecular weight excluding hydrogens is 340 g/mol. The van der Waals surface area contributed by atoms with Crippen LogP contribution >= 0.6 is 11.6 Å². The van der Waals surface area contributed by atoms with Crippen molar-refractivity contribution in [1.29, 1.82) is 0 Å². The van der Waals surface area contributed by atoms with E-state index in [0.717, 1.165) is 5.56 Å². The largest absolute Gasteiger partial charge is 0.444 e. The second-order valence-corrected chi connectivity index (χ2v) is 7.19. The van der Waals surface area contributed by atoms with E-state index < -0.39 is 5.60 Å². The van der Waals surface area contributed by atoms with Crippen LogP contribution in [0.15, 0.2) is 24.3 Å². The van der Waals surface area contributed by atoms with Crippen molar-refractivity contribution < 1.29 is 9.53 Å². The van der Waals surface area contributed by atoms with Crippen molar-refractivity contribution in [2.75, 3.05) is 6.54 Å². The number of benzene rings is 1. The lowest BCUT2D eigenvalue weighted by molar-refractivity contribution is 0.0195. The van der Waals surface area contributed by atoms with Gasteiger partial charge < -0.3 is 9.30 Å². The van der Waals surface area contributed by atoms with Crippen molar-refractivity contribution in [3.63, 3.8) is 0 Å². The van der Waals surface area contributed by atoms with Gasteiger partial charge in [0.25, 0.3) is 0 Å². The maximum atomic E-state index is 12.2. The van der Waals surface area contributed by atoms with Gasteiger partial charge in [0.1, 0.15) is 5.60 Å². The third-order valence-corrected chi connectivity index (χ3v) is 3.78. The first kappa shape index (κ1) is 17.3. The predicted molar refractivity (Wildman–Crippen MR) is 94.1 cm³/mol. The van der Waals surface area contributed by atoms with E-state index in [0.29, 0.717) is 36.3 Å². The molecule has 1 aromatic heterocycles. The van der Waals surface area contributed by atoms with Gasteiger partial charge in [0.2, 0.25) is 5.82 Å². The van der Waals surface area contributed by atoms with Crippen LogP contribution in [0.4, 0.5) is 4.79 Å². The first-order valence-corrected chi connectivity index (χ1v) is 8.37. The quantitative estimate of drug-likeness (QED) is 0.679. The molecule has 0 bridgehead atoms. The highest BCUT2D eigenvalue weighted by atomic mass is 35.5.